The number of nitrogens with one attached hydrogen (secondary N) is 1. The van der Waals surface area contributed by atoms with E-state index in [1.54, 1.807) is 36.4 Å². The van der Waals surface area contributed by atoms with Crippen LogP contribution in [-0.4, -0.2) is 51.1 Å². The Kier molecular flexibility index (Phi) is 6.97. The third kappa shape index (κ3) is 4.88. The number of hydrogen-bond donors (Lipinski definition) is 2. The van der Waals surface area contributed by atoms with Gasteiger partial charge < -0.3 is 19.3 Å². The molecule has 0 saturated carbocycles. The van der Waals surface area contributed by atoms with Crippen molar-refractivity contribution < 1.29 is 28.9 Å². The number of azide groups is 1. The first kappa shape index (κ1) is 24.4. The maximum Gasteiger partial charge on any atom is 0.338 e. The first-order valence-corrected chi connectivity index (χ1v) is 10.6. The zero-order valence-electron chi connectivity index (χ0n) is 18.5. The van der Waals surface area contributed by atoms with E-state index in [-0.39, 0.29) is 11.1 Å². The predicted octanol–water partition coefficient (Wildman–Crippen LogP) is 1.52. The molecular formula is C23H19N5O8. The molecule has 0 radical (unpaired) electrons. The van der Waals surface area contributed by atoms with Gasteiger partial charge in [-0.1, -0.05) is 41.5 Å². The van der Waals surface area contributed by atoms with Crippen LogP contribution in [0.5, 0.6) is 0 Å². The second kappa shape index (κ2) is 10.3. The van der Waals surface area contributed by atoms with E-state index in [1.165, 1.54) is 24.3 Å². The van der Waals surface area contributed by atoms with Gasteiger partial charge in [-0.2, -0.15) is 0 Å². The molecule has 184 valence electrons. The number of ether oxygens (including phenoxy) is 3. The Labute approximate surface area is 202 Å². The molecule has 3 aromatic rings. The van der Waals surface area contributed by atoms with Crippen molar-refractivity contribution in [1.82, 2.24) is 9.55 Å². The number of carbonyl (C=O) groups is 2. The number of rotatable bonds is 7. The van der Waals surface area contributed by atoms with Crippen LogP contribution >= 0.6 is 0 Å². The molecule has 0 bridgehead atoms. The maximum absolute atomic E-state index is 12.8. The number of benzene rings is 2. The summed E-state index contributed by atoms with van der Waals surface area (Å²) in [5, 5.41) is 14.6. The van der Waals surface area contributed by atoms with Crippen molar-refractivity contribution in [3.8, 4) is 0 Å². The van der Waals surface area contributed by atoms with Gasteiger partial charge in [-0.25, -0.2) is 14.4 Å². The topological polar surface area (TPSA) is 186 Å². The van der Waals surface area contributed by atoms with Crippen molar-refractivity contribution in [3.05, 3.63) is 115 Å². The van der Waals surface area contributed by atoms with E-state index in [1.807, 2.05) is 4.98 Å². The normalized spacial score (nSPS) is 22.9. The SMILES string of the molecule is [N-]=[N+]=N[C@]1(COC(=O)c2ccccc2)O[C@@H](n2ccc(=O)[nH]c2=O)C(OC(=O)c2ccccc2)[C@@H]1O. The highest BCUT2D eigenvalue weighted by Crippen LogP contribution is 2.40. The first-order chi connectivity index (χ1) is 17.3. The molecule has 1 aromatic heterocycles. The quantitative estimate of drug-likeness (QED) is 0.214. The number of esters is 2. The molecule has 1 aliphatic rings. The van der Waals surface area contributed by atoms with Crippen LogP contribution in [0.4, 0.5) is 0 Å². The van der Waals surface area contributed by atoms with Gasteiger partial charge in [0.25, 0.3) is 5.56 Å². The maximum atomic E-state index is 12.8. The molecule has 2 N–H and O–H groups in total. The fraction of sp³-hybridized carbons (Fsp3) is 0.217. The van der Waals surface area contributed by atoms with E-state index in [2.05, 4.69) is 10.0 Å². The molecular weight excluding hydrogens is 474 g/mol. The summed E-state index contributed by atoms with van der Waals surface area (Å²) in [5.74, 6) is -1.68. The van der Waals surface area contributed by atoms with Gasteiger partial charge in [-0.3, -0.25) is 14.3 Å². The Hall–Kier alpha value is -4.71. The molecule has 0 amide bonds. The number of aliphatic hydroxyl groups excluding tert-OH is 1. The molecule has 1 unspecified atom stereocenters. The van der Waals surface area contributed by atoms with Crippen molar-refractivity contribution in [3.63, 3.8) is 0 Å². The van der Waals surface area contributed by atoms with Crippen LogP contribution < -0.4 is 11.2 Å². The average molecular weight is 493 g/mol. The van der Waals surface area contributed by atoms with Gasteiger partial charge in [0.15, 0.2) is 12.3 Å². The minimum Gasteiger partial charge on any atom is -0.459 e. The summed E-state index contributed by atoms with van der Waals surface area (Å²) in [4.78, 5) is 54.0. The third-order valence-corrected chi connectivity index (χ3v) is 5.39. The van der Waals surface area contributed by atoms with Gasteiger partial charge in [0.05, 0.1) is 11.1 Å². The highest BCUT2D eigenvalue weighted by Gasteiger charge is 2.58. The molecule has 1 saturated heterocycles. The van der Waals surface area contributed by atoms with Crippen LogP contribution in [-0.2, 0) is 14.2 Å². The van der Waals surface area contributed by atoms with Gasteiger partial charge in [0, 0.05) is 17.2 Å². The number of aromatic nitrogens is 2. The van der Waals surface area contributed by atoms with E-state index in [4.69, 9.17) is 14.2 Å². The Bertz CT molecular complexity index is 1420. The van der Waals surface area contributed by atoms with E-state index < -0.39 is 54.0 Å². The Morgan fingerprint density at radius 1 is 1.06 bits per heavy atom. The van der Waals surface area contributed by atoms with E-state index >= 15 is 0 Å². The molecule has 2 heterocycles. The number of aromatic amines is 1. The largest absolute Gasteiger partial charge is 0.459 e. The Balaban J connectivity index is 1.69. The predicted molar refractivity (Wildman–Crippen MR) is 122 cm³/mol. The van der Waals surface area contributed by atoms with Crippen molar-refractivity contribution in [2.45, 2.75) is 24.2 Å². The lowest BCUT2D eigenvalue weighted by molar-refractivity contribution is -0.127. The smallest absolute Gasteiger partial charge is 0.338 e. The second-order valence-electron chi connectivity index (χ2n) is 7.68. The number of H-pyrrole nitrogens is 1. The van der Waals surface area contributed by atoms with Gasteiger partial charge in [-0.05, 0) is 29.8 Å². The molecule has 13 nitrogen and oxygen atoms in total. The van der Waals surface area contributed by atoms with Crippen LogP contribution in [0.15, 0.2) is 87.6 Å². The molecule has 4 atom stereocenters. The molecule has 36 heavy (non-hydrogen) atoms. The van der Waals surface area contributed by atoms with Crippen molar-refractivity contribution in [1.29, 1.82) is 0 Å². The molecule has 13 heteroatoms. The number of aliphatic hydroxyl groups is 1. The summed E-state index contributed by atoms with van der Waals surface area (Å²) in [6.07, 6.45) is -3.99. The van der Waals surface area contributed by atoms with Crippen LogP contribution in [0.25, 0.3) is 10.4 Å². The summed E-state index contributed by atoms with van der Waals surface area (Å²) in [6, 6.07) is 16.7. The van der Waals surface area contributed by atoms with E-state index in [9.17, 15) is 29.8 Å². The Morgan fingerprint density at radius 2 is 1.67 bits per heavy atom. The number of carbonyl (C=O) groups excluding carboxylic acids is 2. The van der Waals surface area contributed by atoms with Crippen molar-refractivity contribution >= 4 is 11.9 Å². The summed E-state index contributed by atoms with van der Waals surface area (Å²) in [5.41, 5.74) is 5.58. The lowest BCUT2D eigenvalue weighted by Gasteiger charge is -2.26. The minimum absolute atomic E-state index is 0.133. The molecule has 1 fully saturated rings. The summed E-state index contributed by atoms with van der Waals surface area (Å²) in [6.45, 7) is -0.778. The fourth-order valence-electron chi connectivity index (χ4n) is 3.62. The monoisotopic (exact) mass is 493 g/mol. The molecule has 0 spiro atoms. The number of nitrogens with zero attached hydrogens (tertiary/aromatic N) is 4. The number of hydrogen-bond acceptors (Lipinski definition) is 9. The highest BCUT2D eigenvalue weighted by molar-refractivity contribution is 5.90. The standard InChI is InChI=1S/C23H19N5O8/c24-27-26-23(13-34-20(31)14-7-3-1-4-8-14)18(30)17(35-21(32)15-9-5-2-6-10-15)19(36-23)28-12-11-16(29)25-22(28)33/h1-12,17-19,30H,13H2,(H,25,29,33)/t17?,18-,19+,23+/m0/s1. The minimum atomic E-state index is -2.28. The van der Waals surface area contributed by atoms with Crippen molar-refractivity contribution in [2.24, 2.45) is 5.11 Å². The van der Waals surface area contributed by atoms with Gasteiger partial charge in [0.1, 0.15) is 12.7 Å². The van der Waals surface area contributed by atoms with Crippen LogP contribution in [0, 0.1) is 0 Å². The molecule has 0 aliphatic carbocycles. The van der Waals surface area contributed by atoms with E-state index in [0.29, 0.717) is 0 Å². The van der Waals surface area contributed by atoms with Gasteiger partial charge in [0.2, 0.25) is 5.72 Å². The molecule has 4 rings (SSSR count). The van der Waals surface area contributed by atoms with Crippen molar-refractivity contribution in [2.75, 3.05) is 6.61 Å². The fourth-order valence-corrected chi connectivity index (χ4v) is 3.62. The van der Waals surface area contributed by atoms with Gasteiger partial charge in [-0.15, -0.1) is 0 Å². The van der Waals surface area contributed by atoms with Crippen LogP contribution in [0.2, 0.25) is 0 Å². The highest BCUT2D eigenvalue weighted by atomic mass is 16.6. The lowest BCUT2D eigenvalue weighted by atomic mass is 10.1. The molecule has 2 aromatic carbocycles. The summed E-state index contributed by atoms with van der Waals surface area (Å²) >= 11 is 0. The lowest BCUT2D eigenvalue weighted by Crippen LogP contribution is -2.46. The van der Waals surface area contributed by atoms with E-state index in [0.717, 1.165) is 16.8 Å². The summed E-state index contributed by atoms with van der Waals surface area (Å²) in [7, 11) is 0. The van der Waals surface area contributed by atoms with Crippen LogP contribution in [0.1, 0.15) is 26.9 Å². The zero-order valence-corrected chi connectivity index (χ0v) is 18.5. The summed E-state index contributed by atoms with van der Waals surface area (Å²) < 4.78 is 17.3. The Morgan fingerprint density at radius 3 is 2.25 bits per heavy atom. The average Bonchev–Trinajstić information content (AvgIpc) is 3.15. The second-order valence-corrected chi connectivity index (χ2v) is 7.68. The molecule has 1 aliphatic heterocycles. The first-order valence-electron chi connectivity index (χ1n) is 10.6. The van der Waals surface area contributed by atoms with Crippen LogP contribution in [0.3, 0.4) is 0 Å². The zero-order chi connectivity index (χ0) is 25.7. The third-order valence-electron chi connectivity index (χ3n) is 5.39. The van der Waals surface area contributed by atoms with Gasteiger partial charge >= 0.3 is 17.6 Å².